The summed E-state index contributed by atoms with van der Waals surface area (Å²) in [5.74, 6) is -1.12. The fourth-order valence-electron chi connectivity index (χ4n) is 1.67. The first kappa shape index (κ1) is 14.9. The maximum atomic E-state index is 13.5. The number of hydrogen-bond acceptors (Lipinski definition) is 2. The average molecular weight is 274 g/mol. The lowest BCUT2D eigenvalue weighted by Gasteiger charge is -2.17. The van der Waals surface area contributed by atoms with Gasteiger partial charge in [0.1, 0.15) is 11.9 Å². The summed E-state index contributed by atoms with van der Waals surface area (Å²) in [6.45, 7) is 3.98. The molecule has 0 unspecified atom stereocenters. The fraction of sp³-hybridized carbons (Fsp3) is 0.462. The first-order chi connectivity index (χ1) is 8.41. The molecule has 1 atom stereocenters. The van der Waals surface area contributed by atoms with Crippen LogP contribution in [0, 0.1) is 11.7 Å². The standard InChI is InChI=1S/C13H17ClFNO2/c1-8(2)6-12(13(17)18)16-7-9-10(14)4-3-5-11(9)15/h3-5,8,12,16H,6-7H2,1-2H3,(H,17,18)/t12-/m1/s1. The van der Waals surface area contributed by atoms with Crippen LogP contribution in [0.2, 0.25) is 5.02 Å². The second-order valence-electron chi connectivity index (χ2n) is 4.60. The van der Waals surface area contributed by atoms with Crippen molar-refractivity contribution in [3.63, 3.8) is 0 Å². The lowest BCUT2D eigenvalue weighted by molar-refractivity contribution is -0.140. The summed E-state index contributed by atoms with van der Waals surface area (Å²) in [5.41, 5.74) is 0.300. The Morgan fingerprint density at radius 3 is 2.67 bits per heavy atom. The van der Waals surface area contributed by atoms with E-state index in [4.69, 9.17) is 16.7 Å². The van der Waals surface area contributed by atoms with Crippen LogP contribution in [0.1, 0.15) is 25.8 Å². The molecule has 0 aliphatic heterocycles. The molecular weight excluding hydrogens is 257 g/mol. The van der Waals surface area contributed by atoms with Crippen LogP contribution < -0.4 is 5.32 Å². The third-order valence-electron chi connectivity index (χ3n) is 2.59. The maximum absolute atomic E-state index is 13.5. The van der Waals surface area contributed by atoms with Crippen molar-refractivity contribution in [1.82, 2.24) is 5.32 Å². The molecule has 2 N–H and O–H groups in total. The van der Waals surface area contributed by atoms with Crippen molar-refractivity contribution in [3.05, 3.63) is 34.6 Å². The minimum Gasteiger partial charge on any atom is -0.480 e. The van der Waals surface area contributed by atoms with Crippen molar-refractivity contribution in [2.75, 3.05) is 0 Å². The van der Waals surface area contributed by atoms with Gasteiger partial charge in [0, 0.05) is 17.1 Å². The van der Waals surface area contributed by atoms with Gasteiger partial charge in [-0.1, -0.05) is 31.5 Å². The van der Waals surface area contributed by atoms with Crippen molar-refractivity contribution in [2.24, 2.45) is 5.92 Å². The van der Waals surface area contributed by atoms with Gasteiger partial charge >= 0.3 is 5.97 Å². The molecule has 0 aliphatic carbocycles. The van der Waals surface area contributed by atoms with E-state index in [1.807, 2.05) is 13.8 Å². The number of carbonyl (C=O) groups is 1. The lowest BCUT2D eigenvalue weighted by atomic mass is 10.0. The summed E-state index contributed by atoms with van der Waals surface area (Å²) in [4.78, 5) is 11.0. The van der Waals surface area contributed by atoms with Gasteiger partial charge in [0.2, 0.25) is 0 Å². The summed E-state index contributed by atoms with van der Waals surface area (Å²) in [6, 6.07) is 3.71. The Kier molecular flexibility index (Phi) is 5.56. The van der Waals surface area contributed by atoms with E-state index in [9.17, 15) is 9.18 Å². The molecule has 18 heavy (non-hydrogen) atoms. The number of carboxylic acid groups (broad SMARTS) is 1. The van der Waals surface area contributed by atoms with Crippen molar-refractivity contribution in [2.45, 2.75) is 32.9 Å². The molecule has 0 amide bonds. The van der Waals surface area contributed by atoms with Crippen LogP contribution >= 0.6 is 11.6 Å². The monoisotopic (exact) mass is 273 g/mol. The van der Waals surface area contributed by atoms with E-state index in [0.717, 1.165) is 0 Å². The lowest BCUT2D eigenvalue weighted by Crippen LogP contribution is -2.37. The van der Waals surface area contributed by atoms with Gasteiger partial charge in [-0.25, -0.2) is 4.39 Å². The Hall–Kier alpha value is -1.13. The van der Waals surface area contributed by atoms with Gasteiger partial charge in [-0.3, -0.25) is 4.79 Å². The highest BCUT2D eigenvalue weighted by Crippen LogP contribution is 2.19. The smallest absolute Gasteiger partial charge is 0.320 e. The van der Waals surface area contributed by atoms with Crippen LogP contribution in [-0.4, -0.2) is 17.1 Å². The Morgan fingerprint density at radius 1 is 1.50 bits per heavy atom. The quantitative estimate of drug-likeness (QED) is 0.837. The number of halogens is 2. The molecule has 0 aromatic heterocycles. The molecule has 0 bridgehead atoms. The van der Waals surface area contributed by atoms with E-state index in [-0.39, 0.29) is 12.5 Å². The second kappa shape index (κ2) is 6.71. The number of hydrogen-bond donors (Lipinski definition) is 2. The zero-order valence-electron chi connectivity index (χ0n) is 10.4. The molecule has 5 heteroatoms. The van der Waals surface area contributed by atoms with Crippen molar-refractivity contribution in [1.29, 1.82) is 0 Å². The van der Waals surface area contributed by atoms with E-state index in [1.165, 1.54) is 12.1 Å². The number of benzene rings is 1. The van der Waals surface area contributed by atoms with Gasteiger partial charge in [0.25, 0.3) is 0 Å². The van der Waals surface area contributed by atoms with Crippen LogP contribution in [0.15, 0.2) is 18.2 Å². The van der Waals surface area contributed by atoms with Crippen LogP contribution in [-0.2, 0) is 11.3 Å². The number of rotatable bonds is 6. The minimum absolute atomic E-state index is 0.106. The summed E-state index contributed by atoms with van der Waals surface area (Å²) in [6.07, 6.45) is 0.488. The van der Waals surface area contributed by atoms with Gasteiger partial charge in [0.15, 0.2) is 0 Å². The van der Waals surface area contributed by atoms with E-state index in [0.29, 0.717) is 17.0 Å². The zero-order valence-corrected chi connectivity index (χ0v) is 11.2. The van der Waals surface area contributed by atoms with Crippen LogP contribution in [0.3, 0.4) is 0 Å². The Balaban J connectivity index is 2.70. The topological polar surface area (TPSA) is 49.3 Å². The Labute approximate surface area is 111 Å². The molecule has 0 heterocycles. The molecule has 100 valence electrons. The molecule has 1 rings (SSSR count). The molecular formula is C13H17ClFNO2. The number of aliphatic carboxylic acids is 1. The Bertz CT molecular complexity index is 403. The highest BCUT2D eigenvalue weighted by Gasteiger charge is 2.19. The van der Waals surface area contributed by atoms with Crippen molar-refractivity contribution in [3.8, 4) is 0 Å². The fourth-order valence-corrected chi connectivity index (χ4v) is 1.90. The van der Waals surface area contributed by atoms with Crippen LogP contribution in [0.25, 0.3) is 0 Å². The predicted molar refractivity (Wildman–Crippen MR) is 69.1 cm³/mol. The molecule has 1 aromatic rings. The summed E-state index contributed by atoms with van der Waals surface area (Å²) in [7, 11) is 0. The van der Waals surface area contributed by atoms with Gasteiger partial charge < -0.3 is 10.4 Å². The maximum Gasteiger partial charge on any atom is 0.320 e. The highest BCUT2D eigenvalue weighted by atomic mass is 35.5. The van der Waals surface area contributed by atoms with Crippen molar-refractivity contribution >= 4 is 17.6 Å². The van der Waals surface area contributed by atoms with Crippen LogP contribution in [0.5, 0.6) is 0 Å². The first-order valence-electron chi connectivity index (χ1n) is 5.81. The van der Waals surface area contributed by atoms with Crippen LogP contribution in [0.4, 0.5) is 4.39 Å². The SMILES string of the molecule is CC(C)C[C@@H](NCc1c(F)cccc1Cl)C(=O)O. The third kappa shape index (κ3) is 4.27. The third-order valence-corrected chi connectivity index (χ3v) is 2.95. The van der Waals surface area contributed by atoms with Gasteiger partial charge in [0.05, 0.1) is 0 Å². The summed E-state index contributed by atoms with van der Waals surface area (Å²) < 4.78 is 13.5. The van der Waals surface area contributed by atoms with E-state index >= 15 is 0 Å². The number of carboxylic acids is 1. The second-order valence-corrected chi connectivity index (χ2v) is 5.01. The van der Waals surface area contributed by atoms with E-state index in [2.05, 4.69) is 5.32 Å². The summed E-state index contributed by atoms with van der Waals surface area (Å²) in [5, 5.41) is 12.2. The van der Waals surface area contributed by atoms with Gasteiger partial charge in [-0.05, 0) is 24.5 Å². The Morgan fingerprint density at radius 2 is 2.17 bits per heavy atom. The molecule has 0 radical (unpaired) electrons. The predicted octanol–water partition coefficient (Wildman–Crippen LogP) is 3.07. The zero-order chi connectivity index (χ0) is 13.7. The normalized spacial score (nSPS) is 12.7. The van der Waals surface area contributed by atoms with Crippen molar-refractivity contribution < 1.29 is 14.3 Å². The molecule has 0 fully saturated rings. The molecule has 0 saturated carbocycles. The minimum atomic E-state index is -0.934. The molecule has 3 nitrogen and oxygen atoms in total. The molecule has 1 aromatic carbocycles. The molecule has 0 saturated heterocycles. The van der Waals surface area contributed by atoms with E-state index < -0.39 is 17.8 Å². The highest BCUT2D eigenvalue weighted by molar-refractivity contribution is 6.31. The average Bonchev–Trinajstić information content (AvgIpc) is 2.26. The largest absolute Gasteiger partial charge is 0.480 e. The first-order valence-corrected chi connectivity index (χ1v) is 6.18. The van der Waals surface area contributed by atoms with Gasteiger partial charge in [-0.15, -0.1) is 0 Å². The molecule has 0 aliphatic rings. The molecule has 0 spiro atoms. The summed E-state index contributed by atoms with van der Waals surface area (Å²) >= 11 is 5.87. The number of nitrogens with one attached hydrogen (secondary N) is 1. The van der Waals surface area contributed by atoms with Gasteiger partial charge in [-0.2, -0.15) is 0 Å². The van der Waals surface area contributed by atoms with E-state index in [1.54, 1.807) is 6.07 Å².